The molecule has 0 atom stereocenters. The number of nitrogens with one attached hydrogen (secondary N) is 2. The van der Waals surface area contributed by atoms with Gasteiger partial charge in [-0.3, -0.25) is 4.79 Å². The second-order valence-corrected chi connectivity index (χ2v) is 5.63. The first-order valence-electron chi connectivity index (χ1n) is 6.93. The first kappa shape index (κ1) is 17.7. The minimum atomic E-state index is -0.665. The van der Waals surface area contributed by atoms with Crippen molar-refractivity contribution in [1.82, 2.24) is 10.6 Å². The molecule has 2 N–H and O–H groups in total. The summed E-state index contributed by atoms with van der Waals surface area (Å²) in [5, 5.41) is 6.22. The van der Waals surface area contributed by atoms with Crippen molar-refractivity contribution in [2.45, 2.75) is 25.7 Å². The number of halogens is 2. The van der Waals surface area contributed by atoms with Gasteiger partial charge in [0.2, 0.25) is 5.91 Å². The fourth-order valence-electron chi connectivity index (χ4n) is 2.24. The molecular weight excluding hydrogens is 291 g/mol. The predicted octanol–water partition coefficient (Wildman–Crippen LogP) is 2.56. The summed E-state index contributed by atoms with van der Waals surface area (Å²) in [4.78, 5) is 12.3. The third-order valence-electron chi connectivity index (χ3n) is 3.77. The normalized spacial score (nSPS) is 14.9. The molecule has 3 nitrogen and oxygen atoms in total. The van der Waals surface area contributed by atoms with Crippen LogP contribution in [0.2, 0.25) is 0 Å². The van der Waals surface area contributed by atoms with Crippen LogP contribution >= 0.6 is 12.4 Å². The Kier molecular flexibility index (Phi) is 6.37. The Labute approximate surface area is 131 Å². The Hall–Kier alpha value is -1.39. The van der Waals surface area contributed by atoms with E-state index in [0.29, 0.717) is 6.54 Å². The highest BCUT2D eigenvalue weighted by molar-refractivity contribution is 5.87. The molecule has 0 radical (unpaired) electrons. The second kappa shape index (κ2) is 7.57. The summed E-state index contributed by atoms with van der Waals surface area (Å²) in [5.74, 6) is -0.326. The van der Waals surface area contributed by atoms with E-state index >= 15 is 0 Å². The molecule has 0 fully saturated rings. The smallest absolute Gasteiger partial charge is 0.230 e. The lowest BCUT2D eigenvalue weighted by molar-refractivity contribution is -0.125. The molecule has 0 unspecified atom stereocenters. The molecule has 0 saturated carbocycles. The maximum Gasteiger partial charge on any atom is 0.230 e. The highest BCUT2D eigenvalue weighted by Crippen LogP contribution is 2.23. The van der Waals surface area contributed by atoms with Crippen LogP contribution in [-0.2, 0) is 10.2 Å². The van der Waals surface area contributed by atoms with Crippen molar-refractivity contribution in [2.75, 3.05) is 19.6 Å². The van der Waals surface area contributed by atoms with E-state index in [4.69, 9.17) is 0 Å². The SMILES string of the molecule is CC(C)(C(=O)NCC1=CCNCC1)c1ccc(F)cc1.Cl. The molecule has 5 heteroatoms. The summed E-state index contributed by atoms with van der Waals surface area (Å²) in [5.41, 5.74) is 1.41. The summed E-state index contributed by atoms with van der Waals surface area (Å²) < 4.78 is 13.0. The van der Waals surface area contributed by atoms with Crippen molar-refractivity contribution in [2.24, 2.45) is 0 Å². The molecule has 1 heterocycles. The number of benzene rings is 1. The van der Waals surface area contributed by atoms with Crippen LogP contribution in [0.5, 0.6) is 0 Å². The quantitative estimate of drug-likeness (QED) is 0.839. The molecule has 0 bridgehead atoms. The van der Waals surface area contributed by atoms with Gasteiger partial charge in [0.1, 0.15) is 5.82 Å². The Morgan fingerprint density at radius 3 is 2.57 bits per heavy atom. The molecule has 1 amide bonds. The topological polar surface area (TPSA) is 41.1 Å². The van der Waals surface area contributed by atoms with Gasteiger partial charge >= 0.3 is 0 Å². The van der Waals surface area contributed by atoms with Gasteiger partial charge in [-0.15, -0.1) is 12.4 Å². The van der Waals surface area contributed by atoms with Gasteiger partial charge in [-0.05, 0) is 44.5 Å². The number of hydrogen-bond donors (Lipinski definition) is 2. The van der Waals surface area contributed by atoms with Crippen LogP contribution in [-0.4, -0.2) is 25.5 Å². The molecule has 116 valence electrons. The summed E-state index contributed by atoms with van der Waals surface area (Å²) in [6, 6.07) is 6.11. The number of hydrogen-bond acceptors (Lipinski definition) is 2. The van der Waals surface area contributed by atoms with E-state index in [9.17, 15) is 9.18 Å². The maximum absolute atomic E-state index is 13.0. The standard InChI is InChI=1S/C16H21FN2O.ClH/c1-16(2,13-3-5-14(17)6-4-13)15(20)19-11-12-7-9-18-10-8-12;/h3-7,18H,8-11H2,1-2H3,(H,19,20);1H. The van der Waals surface area contributed by atoms with E-state index in [1.807, 2.05) is 13.8 Å². The number of rotatable bonds is 4. The zero-order valence-electron chi connectivity index (χ0n) is 12.4. The molecule has 0 saturated heterocycles. The Balaban J connectivity index is 0.00000220. The minimum absolute atomic E-state index is 0. The molecule has 1 aliphatic heterocycles. The van der Waals surface area contributed by atoms with E-state index in [0.717, 1.165) is 25.1 Å². The molecular formula is C16H22ClFN2O. The van der Waals surface area contributed by atoms with E-state index in [1.165, 1.54) is 17.7 Å². The Bertz CT molecular complexity index is 512. The van der Waals surface area contributed by atoms with Crippen molar-refractivity contribution in [3.05, 3.63) is 47.3 Å². The van der Waals surface area contributed by atoms with Crippen LogP contribution in [0, 0.1) is 5.82 Å². The van der Waals surface area contributed by atoms with Crippen molar-refractivity contribution in [3.63, 3.8) is 0 Å². The predicted molar refractivity (Wildman–Crippen MR) is 85.3 cm³/mol. The molecule has 0 aliphatic carbocycles. The summed E-state index contributed by atoms with van der Waals surface area (Å²) in [6.07, 6.45) is 3.09. The van der Waals surface area contributed by atoms with Gasteiger partial charge in [0.05, 0.1) is 5.41 Å². The van der Waals surface area contributed by atoms with Crippen LogP contribution in [0.4, 0.5) is 4.39 Å². The third-order valence-corrected chi connectivity index (χ3v) is 3.77. The van der Waals surface area contributed by atoms with Crippen LogP contribution in [0.25, 0.3) is 0 Å². The van der Waals surface area contributed by atoms with Gasteiger partial charge in [-0.1, -0.05) is 23.8 Å². The lowest BCUT2D eigenvalue weighted by Gasteiger charge is -2.25. The van der Waals surface area contributed by atoms with E-state index in [1.54, 1.807) is 12.1 Å². The third kappa shape index (κ3) is 4.55. The van der Waals surface area contributed by atoms with Gasteiger partial charge < -0.3 is 10.6 Å². The van der Waals surface area contributed by atoms with Crippen molar-refractivity contribution in [1.29, 1.82) is 0 Å². The minimum Gasteiger partial charge on any atom is -0.352 e. The largest absolute Gasteiger partial charge is 0.352 e. The van der Waals surface area contributed by atoms with E-state index in [2.05, 4.69) is 16.7 Å². The van der Waals surface area contributed by atoms with Crippen LogP contribution < -0.4 is 10.6 Å². The van der Waals surface area contributed by atoms with Gasteiger partial charge in [-0.2, -0.15) is 0 Å². The molecule has 0 spiro atoms. The maximum atomic E-state index is 13.0. The van der Waals surface area contributed by atoms with Crippen LogP contribution in [0.15, 0.2) is 35.9 Å². The number of carbonyl (C=O) groups is 1. The second-order valence-electron chi connectivity index (χ2n) is 5.63. The zero-order valence-corrected chi connectivity index (χ0v) is 13.2. The molecule has 1 aliphatic rings. The average molecular weight is 313 g/mol. The highest BCUT2D eigenvalue weighted by Gasteiger charge is 2.29. The van der Waals surface area contributed by atoms with Gasteiger partial charge in [0.15, 0.2) is 0 Å². The van der Waals surface area contributed by atoms with Crippen molar-refractivity contribution < 1.29 is 9.18 Å². The molecule has 0 aromatic heterocycles. The summed E-state index contributed by atoms with van der Waals surface area (Å²) in [6.45, 7) is 6.12. The van der Waals surface area contributed by atoms with Gasteiger partial charge in [0, 0.05) is 13.1 Å². The Morgan fingerprint density at radius 2 is 2.00 bits per heavy atom. The monoisotopic (exact) mass is 312 g/mol. The van der Waals surface area contributed by atoms with Gasteiger partial charge in [0.25, 0.3) is 0 Å². The number of amides is 1. The molecule has 2 rings (SSSR count). The average Bonchev–Trinajstić information content (AvgIpc) is 2.46. The lowest BCUT2D eigenvalue weighted by atomic mass is 9.83. The lowest BCUT2D eigenvalue weighted by Crippen LogP contribution is -2.41. The first-order valence-corrected chi connectivity index (χ1v) is 6.93. The van der Waals surface area contributed by atoms with Crippen molar-refractivity contribution >= 4 is 18.3 Å². The van der Waals surface area contributed by atoms with E-state index < -0.39 is 5.41 Å². The first-order chi connectivity index (χ1) is 9.50. The molecule has 1 aromatic carbocycles. The summed E-state index contributed by atoms with van der Waals surface area (Å²) in [7, 11) is 0. The van der Waals surface area contributed by atoms with Crippen LogP contribution in [0.3, 0.4) is 0 Å². The Morgan fingerprint density at radius 1 is 1.33 bits per heavy atom. The van der Waals surface area contributed by atoms with E-state index in [-0.39, 0.29) is 24.1 Å². The number of carbonyl (C=O) groups excluding carboxylic acids is 1. The molecule has 1 aromatic rings. The zero-order chi connectivity index (χ0) is 14.6. The van der Waals surface area contributed by atoms with Crippen LogP contribution in [0.1, 0.15) is 25.8 Å². The molecule has 21 heavy (non-hydrogen) atoms. The fraction of sp³-hybridized carbons (Fsp3) is 0.438. The van der Waals surface area contributed by atoms with Crippen molar-refractivity contribution in [3.8, 4) is 0 Å². The van der Waals surface area contributed by atoms with Gasteiger partial charge in [-0.25, -0.2) is 4.39 Å². The highest BCUT2D eigenvalue weighted by atomic mass is 35.5. The fourth-order valence-corrected chi connectivity index (χ4v) is 2.24. The summed E-state index contributed by atoms with van der Waals surface area (Å²) >= 11 is 0.